The van der Waals surface area contributed by atoms with E-state index in [2.05, 4.69) is 20.3 Å². The summed E-state index contributed by atoms with van der Waals surface area (Å²) in [6.45, 7) is 6.25. The van der Waals surface area contributed by atoms with Gasteiger partial charge in [-0.15, -0.1) is 0 Å². The Hall–Kier alpha value is -1.63. The van der Waals surface area contributed by atoms with E-state index in [-0.39, 0.29) is 6.61 Å². The van der Waals surface area contributed by atoms with Crippen molar-refractivity contribution in [2.75, 3.05) is 43.6 Å². The van der Waals surface area contributed by atoms with E-state index in [0.717, 1.165) is 13.0 Å². The third-order valence-electron chi connectivity index (χ3n) is 2.51. The molecule has 0 amide bonds. The molecule has 0 bridgehead atoms. The van der Waals surface area contributed by atoms with Crippen molar-refractivity contribution < 1.29 is 9.84 Å². The summed E-state index contributed by atoms with van der Waals surface area (Å²) in [6, 6.07) is 0.332. The van der Waals surface area contributed by atoms with Gasteiger partial charge in [0, 0.05) is 26.7 Å². The summed E-state index contributed by atoms with van der Waals surface area (Å²) in [4.78, 5) is 14.8. The molecule has 0 aliphatic rings. The number of nitrogens with zero attached hydrogens (tertiary/aromatic N) is 4. The third-order valence-corrected chi connectivity index (χ3v) is 2.51. The van der Waals surface area contributed by atoms with Gasteiger partial charge in [-0.2, -0.15) is 15.0 Å². The van der Waals surface area contributed by atoms with Gasteiger partial charge in [-0.05, 0) is 19.8 Å². The molecule has 1 heterocycles. The Kier molecular flexibility index (Phi) is 6.88. The van der Waals surface area contributed by atoms with E-state index in [4.69, 9.17) is 9.84 Å². The second-order valence-corrected chi connectivity index (χ2v) is 4.00. The van der Waals surface area contributed by atoms with Gasteiger partial charge in [0.2, 0.25) is 11.9 Å². The Labute approximate surface area is 114 Å². The zero-order chi connectivity index (χ0) is 14.1. The van der Waals surface area contributed by atoms with E-state index < -0.39 is 0 Å². The molecule has 0 saturated carbocycles. The molecule has 7 nitrogen and oxygen atoms in total. The molecule has 2 N–H and O–H groups in total. The van der Waals surface area contributed by atoms with Crippen LogP contribution in [-0.2, 0) is 0 Å². The summed E-state index contributed by atoms with van der Waals surface area (Å²) < 4.78 is 5.46. The predicted octanol–water partition coefficient (Wildman–Crippen LogP) is 0.911. The maximum atomic E-state index is 8.91. The van der Waals surface area contributed by atoms with Crippen LogP contribution < -0.4 is 15.0 Å². The first-order valence-corrected chi connectivity index (χ1v) is 6.67. The zero-order valence-electron chi connectivity index (χ0n) is 11.9. The summed E-state index contributed by atoms with van der Waals surface area (Å²) in [5, 5.41) is 11.8. The fourth-order valence-electron chi connectivity index (χ4n) is 1.52. The predicted molar refractivity (Wildman–Crippen MR) is 74.7 cm³/mol. The monoisotopic (exact) mass is 269 g/mol. The molecule has 0 fully saturated rings. The van der Waals surface area contributed by atoms with Crippen molar-refractivity contribution in [3.8, 4) is 6.01 Å². The Morgan fingerprint density at radius 2 is 2.05 bits per heavy atom. The van der Waals surface area contributed by atoms with Crippen LogP contribution in [0.4, 0.5) is 11.9 Å². The average Bonchev–Trinajstić information content (AvgIpc) is 2.45. The number of hydrogen-bond donors (Lipinski definition) is 2. The quantitative estimate of drug-likeness (QED) is 0.689. The lowest BCUT2D eigenvalue weighted by atomic mass is 10.4. The molecule has 1 aromatic rings. The molecule has 1 rings (SSSR count). The standard InChI is InChI=1S/C12H23N5O2/c1-4-9-19-12-15-10(13-3)14-11(16-12)17(5-2)7-6-8-18/h18H,4-9H2,1-3H3,(H,13,14,15,16). The Balaban J connectivity index is 2.89. The number of anilines is 2. The summed E-state index contributed by atoms with van der Waals surface area (Å²) in [7, 11) is 1.76. The second kappa shape index (κ2) is 8.47. The van der Waals surface area contributed by atoms with Gasteiger partial charge in [-0.3, -0.25) is 0 Å². The Bertz CT molecular complexity index is 375. The van der Waals surface area contributed by atoms with Gasteiger partial charge in [0.05, 0.1) is 6.61 Å². The molecule has 0 unspecified atom stereocenters. The highest BCUT2D eigenvalue weighted by Gasteiger charge is 2.12. The molecule has 0 aliphatic carbocycles. The first-order valence-electron chi connectivity index (χ1n) is 6.67. The van der Waals surface area contributed by atoms with E-state index in [1.165, 1.54) is 0 Å². The van der Waals surface area contributed by atoms with Gasteiger partial charge in [-0.25, -0.2) is 0 Å². The van der Waals surface area contributed by atoms with Crippen LogP contribution in [0.15, 0.2) is 0 Å². The van der Waals surface area contributed by atoms with Gasteiger partial charge >= 0.3 is 6.01 Å². The lowest BCUT2D eigenvalue weighted by molar-refractivity contribution is 0.287. The molecule has 0 spiro atoms. The summed E-state index contributed by atoms with van der Waals surface area (Å²) in [5.41, 5.74) is 0. The first kappa shape index (κ1) is 15.4. The minimum atomic E-state index is 0.152. The minimum Gasteiger partial charge on any atom is -0.463 e. The Morgan fingerprint density at radius 1 is 1.26 bits per heavy atom. The van der Waals surface area contributed by atoms with Crippen molar-refractivity contribution in [3.63, 3.8) is 0 Å². The van der Waals surface area contributed by atoms with Crippen LogP contribution >= 0.6 is 0 Å². The van der Waals surface area contributed by atoms with E-state index in [1.54, 1.807) is 7.05 Å². The average molecular weight is 269 g/mol. The molecule has 0 atom stereocenters. The number of ether oxygens (including phenoxy) is 1. The lowest BCUT2D eigenvalue weighted by Crippen LogP contribution is -2.27. The van der Waals surface area contributed by atoms with Gasteiger partial charge in [-0.1, -0.05) is 6.92 Å². The molecule has 0 aromatic carbocycles. The number of aliphatic hydroxyl groups excluding tert-OH is 1. The topological polar surface area (TPSA) is 83.4 Å². The maximum Gasteiger partial charge on any atom is 0.323 e. The number of nitrogens with one attached hydrogen (secondary N) is 1. The molecule has 108 valence electrons. The van der Waals surface area contributed by atoms with Crippen LogP contribution in [0, 0.1) is 0 Å². The maximum absolute atomic E-state index is 8.91. The lowest BCUT2D eigenvalue weighted by Gasteiger charge is -2.20. The van der Waals surface area contributed by atoms with Crippen molar-refractivity contribution in [1.82, 2.24) is 15.0 Å². The first-order chi connectivity index (χ1) is 9.24. The minimum absolute atomic E-state index is 0.152. The van der Waals surface area contributed by atoms with Crippen molar-refractivity contribution in [3.05, 3.63) is 0 Å². The van der Waals surface area contributed by atoms with Crippen molar-refractivity contribution in [2.24, 2.45) is 0 Å². The largest absolute Gasteiger partial charge is 0.463 e. The van der Waals surface area contributed by atoms with Crippen LogP contribution in [0.3, 0.4) is 0 Å². The van der Waals surface area contributed by atoms with Gasteiger partial charge in [0.15, 0.2) is 0 Å². The van der Waals surface area contributed by atoms with Crippen molar-refractivity contribution >= 4 is 11.9 Å². The van der Waals surface area contributed by atoms with E-state index >= 15 is 0 Å². The molecule has 0 aliphatic heterocycles. The van der Waals surface area contributed by atoms with Gasteiger partial charge < -0.3 is 20.1 Å². The molecule has 0 radical (unpaired) electrons. The zero-order valence-corrected chi connectivity index (χ0v) is 11.9. The number of rotatable bonds is 9. The van der Waals surface area contributed by atoms with E-state index in [1.807, 2.05) is 18.7 Å². The highest BCUT2D eigenvalue weighted by Crippen LogP contribution is 2.15. The molecule has 19 heavy (non-hydrogen) atoms. The normalized spacial score (nSPS) is 10.3. The fraction of sp³-hybridized carbons (Fsp3) is 0.750. The van der Waals surface area contributed by atoms with Crippen LogP contribution in [-0.4, -0.2) is 53.4 Å². The SMILES string of the molecule is CCCOc1nc(NC)nc(N(CC)CCCO)n1. The summed E-state index contributed by atoms with van der Waals surface area (Å²) in [6.07, 6.45) is 1.58. The van der Waals surface area contributed by atoms with Crippen LogP contribution in [0.2, 0.25) is 0 Å². The number of aromatic nitrogens is 3. The van der Waals surface area contributed by atoms with E-state index in [9.17, 15) is 0 Å². The molecular formula is C12H23N5O2. The molecule has 7 heteroatoms. The van der Waals surface area contributed by atoms with Gasteiger partial charge in [0.1, 0.15) is 0 Å². The summed E-state index contributed by atoms with van der Waals surface area (Å²) in [5.74, 6) is 1.06. The number of aliphatic hydroxyl groups is 1. The molecule has 1 aromatic heterocycles. The van der Waals surface area contributed by atoms with Crippen LogP contribution in [0.1, 0.15) is 26.7 Å². The second-order valence-electron chi connectivity index (χ2n) is 4.00. The smallest absolute Gasteiger partial charge is 0.323 e. The van der Waals surface area contributed by atoms with Crippen LogP contribution in [0.25, 0.3) is 0 Å². The Morgan fingerprint density at radius 3 is 2.63 bits per heavy atom. The summed E-state index contributed by atoms with van der Waals surface area (Å²) >= 11 is 0. The highest BCUT2D eigenvalue weighted by molar-refractivity contribution is 5.37. The van der Waals surface area contributed by atoms with Crippen molar-refractivity contribution in [2.45, 2.75) is 26.7 Å². The van der Waals surface area contributed by atoms with Crippen LogP contribution in [0.5, 0.6) is 6.01 Å². The van der Waals surface area contributed by atoms with Crippen molar-refractivity contribution in [1.29, 1.82) is 0 Å². The van der Waals surface area contributed by atoms with E-state index in [0.29, 0.717) is 37.5 Å². The highest BCUT2D eigenvalue weighted by atomic mass is 16.5. The molecular weight excluding hydrogens is 246 g/mol. The third kappa shape index (κ3) is 4.86. The fourth-order valence-corrected chi connectivity index (χ4v) is 1.52. The molecule has 0 saturated heterocycles. The number of hydrogen-bond acceptors (Lipinski definition) is 7. The van der Waals surface area contributed by atoms with Gasteiger partial charge in [0.25, 0.3) is 0 Å².